The maximum Gasteiger partial charge on any atom is 0.333 e. The summed E-state index contributed by atoms with van der Waals surface area (Å²) in [5.74, 6) is 0.304. The SMILES string of the molecule is Cc1ccc(-c2cc(N)n3ncc([N+](=O)[O-])c3n2)cc1. The molecule has 3 rings (SSSR count). The molecule has 0 radical (unpaired) electrons. The summed E-state index contributed by atoms with van der Waals surface area (Å²) in [7, 11) is 0. The summed E-state index contributed by atoms with van der Waals surface area (Å²) < 4.78 is 1.26. The van der Waals surface area contributed by atoms with E-state index in [2.05, 4.69) is 10.1 Å². The van der Waals surface area contributed by atoms with Crippen molar-refractivity contribution in [3.8, 4) is 11.3 Å². The summed E-state index contributed by atoms with van der Waals surface area (Å²) >= 11 is 0. The summed E-state index contributed by atoms with van der Waals surface area (Å²) in [5, 5.41) is 14.8. The van der Waals surface area contributed by atoms with Crippen LogP contribution in [0.4, 0.5) is 11.5 Å². The molecule has 2 N–H and O–H groups in total. The van der Waals surface area contributed by atoms with Crippen molar-refractivity contribution in [1.29, 1.82) is 0 Å². The Morgan fingerprint density at radius 1 is 1.30 bits per heavy atom. The van der Waals surface area contributed by atoms with Crippen molar-refractivity contribution in [2.75, 3.05) is 5.73 Å². The van der Waals surface area contributed by atoms with Gasteiger partial charge in [0, 0.05) is 11.6 Å². The molecule has 0 bridgehead atoms. The van der Waals surface area contributed by atoms with E-state index in [-0.39, 0.29) is 11.3 Å². The number of nitrogens with zero attached hydrogens (tertiary/aromatic N) is 4. The van der Waals surface area contributed by atoms with E-state index in [9.17, 15) is 10.1 Å². The standard InChI is InChI=1S/C13H11N5O2/c1-8-2-4-9(5-3-8)10-6-12(14)17-13(16-10)11(7-15-17)18(19)20/h2-7H,14H2,1H3. The van der Waals surface area contributed by atoms with Gasteiger partial charge in [-0.05, 0) is 6.92 Å². The van der Waals surface area contributed by atoms with E-state index in [1.54, 1.807) is 6.07 Å². The normalized spacial score (nSPS) is 10.8. The first-order valence-electron chi connectivity index (χ1n) is 5.92. The average Bonchev–Trinajstić information content (AvgIpc) is 2.84. The van der Waals surface area contributed by atoms with Crippen LogP contribution < -0.4 is 5.73 Å². The summed E-state index contributed by atoms with van der Waals surface area (Å²) in [6, 6.07) is 9.34. The van der Waals surface area contributed by atoms with Gasteiger partial charge in [-0.2, -0.15) is 9.61 Å². The van der Waals surface area contributed by atoms with Crippen LogP contribution in [0.15, 0.2) is 36.5 Å². The minimum atomic E-state index is -0.520. The zero-order valence-electron chi connectivity index (χ0n) is 10.6. The second-order valence-electron chi connectivity index (χ2n) is 4.45. The third-order valence-corrected chi connectivity index (χ3v) is 3.02. The Bertz CT molecular complexity index is 807. The van der Waals surface area contributed by atoms with Crippen LogP contribution in [0.3, 0.4) is 0 Å². The molecular weight excluding hydrogens is 258 g/mol. The van der Waals surface area contributed by atoms with Crippen molar-refractivity contribution >= 4 is 17.2 Å². The van der Waals surface area contributed by atoms with Crippen molar-refractivity contribution in [2.24, 2.45) is 0 Å². The zero-order valence-corrected chi connectivity index (χ0v) is 10.6. The van der Waals surface area contributed by atoms with Gasteiger partial charge in [0.05, 0.1) is 10.6 Å². The lowest BCUT2D eigenvalue weighted by molar-refractivity contribution is -0.383. The van der Waals surface area contributed by atoms with E-state index in [1.165, 1.54) is 4.52 Å². The lowest BCUT2D eigenvalue weighted by Gasteiger charge is -2.04. The highest BCUT2D eigenvalue weighted by Gasteiger charge is 2.18. The molecule has 0 fully saturated rings. The first-order valence-corrected chi connectivity index (χ1v) is 5.92. The van der Waals surface area contributed by atoms with Gasteiger partial charge >= 0.3 is 5.69 Å². The smallest absolute Gasteiger partial charge is 0.333 e. The fraction of sp³-hybridized carbons (Fsp3) is 0.0769. The molecule has 0 atom stereocenters. The van der Waals surface area contributed by atoms with Crippen LogP contribution in [0.1, 0.15) is 5.56 Å². The van der Waals surface area contributed by atoms with Gasteiger partial charge in [-0.15, -0.1) is 0 Å². The zero-order chi connectivity index (χ0) is 14.3. The molecule has 7 nitrogen and oxygen atoms in total. The van der Waals surface area contributed by atoms with E-state index >= 15 is 0 Å². The molecule has 20 heavy (non-hydrogen) atoms. The molecule has 1 aromatic carbocycles. The second-order valence-corrected chi connectivity index (χ2v) is 4.45. The number of rotatable bonds is 2. The molecule has 0 aliphatic rings. The average molecular weight is 269 g/mol. The van der Waals surface area contributed by atoms with Crippen LogP contribution in [0.5, 0.6) is 0 Å². The lowest BCUT2D eigenvalue weighted by atomic mass is 10.1. The number of anilines is 1. The summed E-state index contributed by atoms with van der Waals surface area (Å²) in [5.41, 5.74) is 8.41. The molecular formula is C13H11N5O2. The molecule has 0 spiro atoms. The van der Waals surface area contributed by atoms with E-state index in [4.69, 9.17) is 5.73 Å². The van der Waals surface area contributed by atoms with Crippen LogP contribution in [-0.2, 0) is 0 Å². The van der Waals surface area contributed by atoms with Crippen molar-refractivity contribution in [3.05, 3.63) is 52.2 Å². The Morgan fingerprint density at radius 2 is 2.00 bits per heavy atom. The van der Waals surface area contributed by atoms with Gasteiger partial charge in [0.2, 0.25) is 5.65 Å². The van der Waals surface area contributed by atoms with E-state index < -0.39 is 4.92 Å². The maximum atomic E-state index is 11.0. The third kappa shape index (κ3) is 1.85. The Kier molecular flexibility index (Phi) is 2.60. The second kappa shape index (κ2) is 4.30. The molecule has 3 aromatic rings. The Hall–Kier alpha value is -2.96. The van der Waals surface area contributed by atoms with Gasteiger partial charge in [-0.25, -0.2) is 4.98 Å². The summed E-state index contributed by atoms with van der Waals surface area (Å²) in [4.78, 5) is 14.7. The number of benzene rings is 1. The van der Waals surface area contributed by atoms with Gasteiger partial charge in [-0.3, -0.25) is 10.1 Å². The fourth-order valence-corrected chi connectivity index (χ4v) is 1.98. The van der Waals surface area contributed by atoms with Crippen molar-refractivity contribution < 1.29 is 4.92 Å². The largest absolute Gasteiger partial charge is 0.384 e. The first-order chi connectivity index (χ1) is 9.56. The minimum Gasteiger partial charge on any atom is -0.384 e. The molecule has 0 aliphatic carbocycles. The number of nitro groups is 1. The summed E-state index contributed by atoms with van der Waals surface area (Å²) in [6.07, 6.45) is 1.15. The number of aromatic nitrogens is 3. The molecule has 0 saturated carbocycles. The van der Waals surface area contributed by atoms with Gasteiger partial charge < -0.3 is 5.73 Å². The Balaban J connectivity index is 2.24. The topological polar surface area (TPSA) is 99.3 Å². The van der Waals surface area contributed by atoms with Gasteiger partial charge in [0.15, 0.2) is 0 Å². The number of fused-ring (bicyclic) bond motifs is 1. The number of hydrogen-bond acceptors (Lipinski definition) is 5. The van der Waals surface area contributed by atoms with Crippen LogP contribution >= 0.6 is 0 Å². The Labute approximate surface area is 113 Å². The quantitative estimate of drug-likeness (QED) is 0.567. The fourth-order valence-electron chi connectivity index (χ4n) is 1.98. The van der Waals surface area contributed by atoms with E-state index in [1.807, 2.05) is 31.2 Å². The van der Waals surface area contributed by atoms with E-state index in [0.29, 0.717) is 11.5 Å². The Morgan fingerprint density at radius 3 is 2.65 bits per heavy atom. The molecule has 7 heteroatoms. The number of nitrogen functional groups attached to an aromatic ring is 1. The van der Waals surface area contributed by atoms with Crippen molar-refractivity contribution in [1.82, 2.24) is 14.6 Å². The number of nitrogens with two attached hydrogens (primary N) is 1. The first kappa shape index (κ1) is 12.1. The lowest BCUT2D eigenvalue weighted by Crippen LogP contribution is -2.01. The highest BCUT2D eigenvalue weighted by Crippen LogP contribution is 2.25. The molecule has 2 aromatic heterocycles. The van der Waals surface area contributed by atoms with Crippen LogP contribution in [0.25, 0.3) is 16.9 Å². The van der Waals surface area contributed by atoms with Gasteiger partial charge in [0.25, 0.3) is 0 Å². The van der Waals surface area contributed by atoms with Crippen LogP contribution in [0.2, 0.25) is 0 Å². The van der Waals surface area contributed by atoms with E-state index in [0.717, 1.165) is 17.3 Å². The summed E-state index contributed by atoms with van der Waals surface area (Å²) in [6.45, 7) is 1.98. The van der Waals surface area contributed by atoms with Crippen molar-refractivity contribution in [3.63, 3.8) is 0 Å². The molecule has 0 aliphatic heterocycles. The highest BCUT2D eigenvalue weighted by atomic mass is 16.6. The number of hydrogen-bond donors (Lipinski definition) is 1. The molecule has 2 heterocycles. The molecule has 100 valence electrons. The molecule has 0 saturated heterocycles. The number of aryl methyl sites for hydroxylation is 1. The minimum absolute atomic E-state index is 0.144. The molecule has 0 amide bonds. The highest BCUT2D eigenvalue weighted by molar-refractivity contribution is 5.70. The van der Waals surface area contributed by atoms with Crippen LogP contribution in [-0.4, -0.2) is 19.5 Å². The predicted molar refractivity (Wildman–Crippen MR) is 74.2 cm³/mol. The van der Waals surface area contributed by atoms with Gasteiger partial charge in [0.1, 0.15) is 12.0 Å². The van der Waals surface area contributed by atoms with Gasteiger partial charge in [-0.1, -0.05) is 29.8 Å². The van der Waals surface area contributed by atoms with Crippen molar-refractivity contribution in [2.45, 2.75) is 6.92 Å². The third-order valence-electron chi connectivity index (χ3n) is 3.02. The van der Waals surface area contributed by atoms with Crippen LogP contribution in [0, 0.1) is 17.0 Å². The predicted octanol–water partition coefficient (Wildman–Crippen LogP) is 2.20. The molecule has 0 unspecified atom stereocenters. The monoisotopic (exact) mass is 269 g/mol. The maximum absolute atomic E-state index is 11.0.